The lowest BCUT2D eigenvalue weighted by Crippen LogP contribution is -2.47. The molecule has 0 saturated carbocycles. The van der Waals surface area contributed by atoms with Gasteiger partial charge in [-0.15, -0.1) is 0 Å². The Morgan fingerprint density at radius 3 is 2.13 bits per heavy atom. The van der Waals surface area contributed by atoms with Gasteiger partial charge < -0.3 is 15.4 Å². The molecule has 0 aromatic carbocycles. The van der Waals surface area contributed by atoms with Gasteiger partial charge in [0.1, 0.15) is 5.60 Å². The Labute approximate surface area is 142 Å². The minimum absolute atomic E-state index is 0.00835. The summed E-state index contributed by atoms with van der Waals surface area (Å²) in [5, 5.41) is 6.63. The smallest absolute Gasteiger partial charge is 0.306 e. The summed E-state index contributed by atoms with van der Waals surface area (Å²) in [6.45, 7) is 15.8. The topological polar surface area (TPSA) is 62.7 Å². The van der Waals surface area contributed by atoms with Crippen molar-refractivity contribution in [2.24, 2.45) is 4.99 Å². The number of nitrogens with zero attached hydrogens (tertiary/aromatic N) is 1. The van der Waals surface area contributed by atoms with Gasteiger partial charge in [-0.25, -0.2) is 0 Å². The normalized spacial score (nSPS) is 12.9. The highest BCUT2D eigenvalue weighted by molar-refractivity contribution is 5.80. The second-order valence-electron chi connectivity index (χ2n) is 7.89. The lowest BCUT2D eigenvalue weighted by molar-refractivity contribution is -0.154. The van der Waals surface area contributed by atoms with Crippen molar-refractivity contribution in [2.45, 2.75) is 91.7 Å². The molecule has 0 rings (SSSR count). The summed E-state index contributed by atoms with van der Waals surface area (Å²) >= 11 is 0. The van der Waals surface area contributed by atoms with Crippen LogP contribution in [-0.2, 0) is 9.53 Å². The summed E-state index contributed by atoms with van der Waals surface area (Å²) in [6, 6.07) is 0. The quantitative estimate of drug-likeness (QED) is 0.309. The van der Waals surface area contributed by atoms with Gasteiger partial charge in [-0.2, -0.15) is 0 Å². The van der Waals surface area contributed by atoms with E-state index < -0.39 is 0 Å². The molecule has 0 saturated heterocycles. The fourth-order valence-corrected chi connectivity index (χ4v) is 1.98. The highest BCUT2D eigenvalue weighted by atomic mass is 16.6. The molecule has 0 spiro atoms. The minimum atomic E-state index is -0.380. The first-order valence-corrected chi connectivity index (χ1v) is 8.82. The summed E-state index contributed by atoms with van der Waals surface area (Å²) < 4.78 is 5.29. The number of unbranched alkanes of at least 4 members (excludes halogenated alkanes) is 3. The maximum Gasteiger partial charge on any atom is 0.306 e. The Kier molecular flexibility index (Phi) is 9.93. The fraction of sp³-hybridized carbons (Fsp3) is 0.889. The standard InChI is InChI=1S/C18H37N3O2/c1-8-19-16(21-17(2,3)4)20-14-12-10-9-11-13-15(22)23-18(5,6)7/h8-14H2,1-7H3,(H2,19,20,21). The molecule has 0 aromatic rings. The zero-order chi connectivity index (χ0) is 17.9. The highest BCUT2D eigenvalue weighted by Crippen LogP contribution is 2.11. The van der Waals surface area contributed by atoms with Crippen LogP contribution in [0.3, 0.4) is 0 Å². The summed E-state index contributed by atoms with van der Waals surface area (Å²) in [5.74, 6) is 0.771. The van der Waals surface area contributed by atoms with E-state index >= 15 is 0 Å². The SMILES string of the molecule is CCNC(=NCCCCCCC(=O)OC(C)(C)C)NC(C)(C)C. The number of ether oxygens (including phenoxy) is 1. The van der Waals surface area contributed by atoms with Gasteiger partial charge in [0.25, 0.3) is 0 Å². The molecule has 0 aliphatic carbocycles. The molecular formula is C18H37N3O2. The van der Waals surface area contributed by atoms with E-state index in [1.54, 1.807) is 0 Å². The van der Waals surface area contributed by atoms with E-state index in [9.17, 15) is 4.79 Å². The first-order valence-electron chi connectivity index (χ1n) is 8.82. The van der Waals surface area contributed by atoms with Gasteiger partial charge in [0.2, 0.25) is 0 Å². The molecule has 0 amide bonds. The van der Waals surface area contributed by atoms with Gasteiger partial charge in [0, 0.05) is 25.0 Å². The zero-order valence-electron chi connectivity index (χ0n) is 16.2. The van der Waals surface area contributed by atoms with E-state index in [1.807, 2.05) is 20.8 Å². The van der Waals surface area contributed by atoms with Gasteiger partial charge in [-0.05, 0) is 61.3 Å². The monoisotopic (exact) mass is 327 g/mol. The number of hydrogen-bond donors (Lipinski definition) is 2. The third kappa shape index (κ3) is 15.4. The molecule has 23 heavy (non-hydrogen) atoms. The molecule has 0 unspecified atom stereocenters. The van der Waals surface area contributed by atoms with E-state index in [0.717, 1.165) is 44.7 Å². The lowest BCUT2D eigenvalue weighted by atomic mass is 10.1. The Hall–Kier alpha value is -1.26. The molecule has 0 aliphatic rings. The molecule has 136 valence electrons. The van der Waals surface area contributed by atoms with Crippen molar-refractivity contribution in [1.29, 1.82) is 0 Å². The van der Waals surface area contributed by atoms with E-state index in [2.05, 4.69) is 43.3 Å². The lowest BCUT2D eigenvalue weighted by Gasteiger charge is -2.23. The minimum Gasteiger partial charge on any atom is -0.460 e. The second kappa shape index (κ2) is 10.5. The first kappa shape index (κ1) is 21.7. The molecule has 2 N–H and O–H groups in total. The number of aliphatic imine (C=N–C) groups is 1. The van der Waals surface area contributed by atoms with Crippen molar-refractivity contribution >= 4 is 11.9 Å². The van der Waals surface area contributed by atoms with Gasteiger partial charge in [0.15, 0.2) is 5.96 Å². The predicted molar refractivity (Wildman–Crippen MR) is 97.8 cm³/mol. The molecule has 0 fully saturated rings. The number of esters is 1. The van der Waals surface area contributed by atoms with Crippen LogP contribution in [0.5, 0.6) is 0 Å². The molecule has 0 aliphatic heterocycles. The fourth-order valence-electron chi connectivity index (χ4n) is 1.98. The number of carbonyl (C=O) groups is 1. The second-order valence-corrected chi connectivity index (χ2v) is 7.89. The molecule has 0 atom stereocenters. The van der Waals surface area contributed by atoms with Crippen molar-refractivity contribution in [2.75, 3.05) is 13.1 Å². The van der Waals surface area contributed by atoms with Crippen LogP contribution in [0.25, 0.3) is 0 Å². The van der Waals surface area contributed by atoms with Crippen LogP contribution < -0.4 is 10.6 Å². The summed E-state index contributed by atoms with van der Waals surface area (Å²) in [4.78, 5) is 16.2. The third-order valence-corrected chi connectivity index (χ3v) is 2.82. The number of rotatable bonds is 8. The van der Waals surface area contributed by atoms with Crippen molar-refractivity contribution in [3.8, 4) is 0 Å². The van der Waals surface area contributed by atoms with Crippen LogP contribution in [0, 0.1) is 0 Å². The van der Waals surface area contributed by atoms with Crippen LogP contribution in [0.1, 0.15) is 80.6 Å². The third-order valence-electron chi connectivity index (χ3n) is 2.82. The van der Waals surface area contributed by atoms with Gasteiger partial charge in [0.05, 0.1) is 0 Å². The highest BCUT2D eigenvalue weighted by Gasteiger charge is 2.15. The predicted octanol–water partition coefficient (Wildman–Crippen LogP) is 3.63. The molecule has 0 bridgehead atoms. The van der Waals surface area contributed by atoms with E-state index in [-0.39, 0.29) is 17.1 Å². The molecular weight excluding hydrogens is 290 g/mol. The van der Waals surface area contributed by atoms with Crippen LogP contribution in [0.2, 0.25) is 0 Å². The van der Waals surface area contributed by atoms with Crippen molar-refractivity contribution in [3.05, 3.63) is 0 Å². The number of nitrogens with one attached hydrogen (secondary N) is 2. The first-order chi connectivity index (χ1) is 10.5. The Morgan fingerprint density at radius 1 is 1.00 bits per heavy atom. The average Bonchev–Trinajstić information content (AvgIpc) is 2.33. The summed E-state index contributed by atoms with van der Waals surface area (Å²) in [6.07, 6.45) is 4.56. The maximum absolute atomic E-state index is 11.6. The van der Waals surface area contributed by atoms with Crippen molar-refractivity contribution in [3.63, 3.8) is 0 Å². The Bertz CT molecular complexity index is 365. The van der Waals surface area contributed by atoms with E-state index in [0.29, 0.717) is 6.42 Å². The van der Waals surface area contributed by atoms with Crippen LogP contribution in [0.15, 0.2) is 4.99 Å². The largest absolute Gasteiger partial charge is 0.460 e. The number of carbonyl (C=O) groups excluding carboxylic acids is 1. The Balaban J connectivity index is 3.85. The molecule has 5 nitrogen and oxygen atoms in total. The molecule has 5 heteroatoms. The molecule has 0 radical (unpaired) electrons. The molecule has 0 heterocycles. The molecule has 0 aromatic heterocycles. The van der Waals surface area contributed by atoms with Gasteiger partial charge in [-0.1, -0.05) is 12.8 Å². The summed E-state index contributed by atoms with van der Waals surface area (Å²) in [5.41, 5.74) is -0.372. The maximum atomic E-state index is 11.6. The van der Waals surface area contributed by atoms with Crippen molar-refractivity contribution < 1.29 is 9.53 Å². The number of guanidine groups is 1. The van der Waals surface area contributed by atoms with E-state index in [4.69, 9.17) is 4.74 Å². The average molecular weight is 328 g/mol. The zero-order valence-corrected chi connectivity index (χ0v) is 16.2. The van der Waals surface area contributed by atoms with Crippen LogP contribution >= 0.6 is 0 Å². The number of hydrogen-bond acceptors (Lipinski definition) is 3. The Morgan fingerprint density at radius 2 is 1.61 bits per heavy atom. The van der Waals surface area contributed by atoms with Crippen LogP contribution in [0.4, 0.5) is 0 Å². The van der Waals surface area contributed by atoms with E-state index in [1.165, 1.54) is 0 Å². The van der Waals surface area contributed by atoms with Crippen LogP contribution in [-0.4, -0.2) is 36.2 Å². The van der Waals surface area contributed by atoms with Gasteiger partial charge >= 0.3 is 5.97 Å². The van der Waals surface area contributed by atoms with Crippen molar-refractivity contribution in [1.82, 2.24) is 10.6 Å². The summed E-state index contributed by atoms with van der Waals surface area (Å²) in [7, 11) is 0. The van der Waals surface area contributed by atoms with Gasteiger partial charge in [-0.3, -0.25) is 9.79 Å².